The van der Waals surface area contributed by atoms with E-state index in [0.717, 1.165) is 29.0 Å². The minimum atomic E-state index is -5.60. The summed E-state index contributed by atoms with van der Waals surface area (Å²) in [5, 5.41) is 34.2. The zero-order valence-corrected chi connectivity index (χ0v) is 33.3. The number of carboxylic acid groups (broad SMARTS) is 1. The molecule has 0 radical (unpaired) electrons. The van der Waals surface area contributed by atoms with E-state index in [-0.39, 0.29) is 48.7 Å². The van der Waals surface area contributed by atoms with Crippen molar-refractivity contribution in [2.75, 3.05) is 37.8 Å². The Morgan fingerprint density at radius 2 is 1.67 bits per heavy atom. The Hall–Kier alpha value is -3.30. The van der Waals surface area contributed by atoms with E-state index in [2.05, 4.69) is 34.4 Å². The van der Waals surface area contributed by atoms with Crippen molar-refractivity contribution in [1.82, 2.24) is 30.2 Å². The molecule has 3 rings (SSSR count). The molecule has 1 aliphatic heterocycles. The molecule has 0 bridgehead atoms. The summed E-state index contributed by atoms with van der Waals surface area (Å²) in [5.41, 5.74) is 4.17. The molecule has 31 heteroatoms. The van der Waals surface area contributed by atoms with Gasteiger partial charge in [-0.05, 0) is 0 Å². The number of phosphoric ester groups is 3. The first-order chi connectivity index (χ1) is 26.3. The average molecular weight is 896 g/mol. The minimum Gasteiger partial charge on any atom is -0.476 e. The van der Waals surface area contributed by atoms with E-state index in [1.807, 2.05) is 0 Å². The summed E-state index contributed by atoms with van der Waals surface area (Å²) in [6.07, 6.45) is -7.92. The number of carbonyl (C=O) groups excluding carboxylic acids is 4. The first-order valence-corrected chi connectivity index (χ1v) is 21.6. The number of nitrogens with two attached hydrogens (primary N) is 1. The molecule has 27 nitrogen and oxygen atoms in total. The number of hydrogen-bond acceptors (Lipinski definition) is 20. The number of carbonyl (C=O) groups is 5. The van der Waals surface area contributed by atoms with Crippen LogP contribution in [-0.4, -0.2) is 140 Å². The molecule has 0 saturated carbocycles. The van der Waals surface area contributed by atoms with Gasteiger partial charge in [0.1, 0.15) is 36.3 Å². The summed E-state index contributed by atoms with van der Waals surface area (Å²) < 4.78 is 61.9. The van der Waals surface area contributed by atoms with Crippen LogP contribution >= 0.6 is 35.2 Å². The second-order valence-electron chi connectivity index (χ2n) is 12.5. The summed E-state index contributed by atoms with van der Waals surface area (Å²) >= 11 is 0.779. The van der Waals surface area contributed by atoms with Gasteiger partial charge in [0.15, 0.2) is 22.8 Å². The molecule has 11 N–H and O–H groups in total. The largest absolute Gasteiger partial charge is 0.481 e. The van der Waals surface area contributed by atoms with E-state index < -0.39 is 108 Å². The highest BCUT2D eigenvalue weighted by molar-refractivity contribution is 8.13. The first-order valence-electron chi connectivity index (χ1n) is 16.1. The Balaban J connectivity index is 1.47. The van der Waals surface area contributed by atoms with E-state index in [0.29, 0.717) is 0 Å². The zero-order valence-electron chi connectivity index (χ0n) is 29.8. The SMILES string of the molecule is CC(C)(COP(=O)(O)OP(=O)(O)OC[C@H]1O[C@@H](n2cnc3c(N)ncnc32)[C@H](O)[C@@H]1OP(=O)(O)O)[C@@H](O)C(=O)NCCC(=O)NCCSC(=O)CCC(=O)C(=O)O. The van der Waals surface area contributed by atoms with Crippen molar-refractivity contribution in [3.05, 3.63) is 12.7 Å². The predicted molar refractivity (Wildman–Crippen MR) is 189 cm³/mol. The third kappa shape index (κ3) is 14.8. The monoisotopic (exact) mass is 895 g/mol. The molecule has 1 aliphatic rings. The lowest BCUT2D eigenvalue weighted by molar-refractivity contribution is -0.149. The lowest BCUT2D eigenvalue weighted by Gasteiger charge is -2.30. The van der Waals surface area contributed by atoms with E-state index in [4.69, 9.17) is 24.6 Å². The van der Waals surface area contributed by atoms with Crippen molar-refractivity contribution in [1.29, 1.82) is 0 Å². The van der Waals surface area contributed by atoms with Crippen LogP contribution in [0.3, 0.4) is 0 Å². The van der Waals surface area contributed by atoms with Crippen LogP contribution in [0.5, 0.6) is 0 Å². The van der Waals surface area contributed by atoms with Crippen molar-refractivity contribution in [3.8, 4) is 0 Å². The van der Waals surface area contributed by atoms with Gasteiger partial charge in [-0.2, -0.15) is 4.31 Å². The predicted octanol–water partition coefficient (Wildman–Crippen LogP) is -1.90. The number of Topliss-reactive ketones (excluding diaryl/α,β-unsaturated/α-hetero) is 1. The molecule has 3 heterocycles. The Kier molecular flexibility index (Phi) is 17.0. The number of hydrogen-bond donors (Lipinski definition) is 10. The fourth-order valence-electron chi connectivity index (χ4n) is 4.69. The molecule has 2 unspecified atom stereocenters. The number of ketones is 1. The number of nitrogens with zero attached hydrogens (tertiary/aromatic N) is 4. The van der Waals surface area contributed by atoms with Crippen LogP contribution in [0.2, 0.25) is 0 Å². The highest BCUT2D eigenvalue weighted by atomic mass is 32.2. The van der Waals surface area contributed by atoms with Crippen LogP contribution in [0.15, 0.2) is 12.7 Å². The van der Waals surface area contributed by atoms with E-state index >= 15 is 0 Å². The zero-order chi connectivity index (χ0) is 42.9. The summed E-state index contributed by atoms with van der Waals surface area (Å²) in [7, 11) is -16.5. The summed E-state index contributed by atoms with van der Waals surface area (Å²) in [6.45, 7) is 0.0775. The molecule has 320 valence electrons. The molecule has 2 amide bonds. The summed E-state index contributed by atoms with van der Waals surface area (Å²) in [4.78, 5) is 109. The molecule has 0 aromatic carbocycles. The second kappa shape index (κ2) is 20.1. The van der Waals surface area contributed by atoms with Gasteiger partial charge in [-0.1, -0.05) is 25.6 Å². The lowest BCUT2D eigenvalue weighted by atomic mass is 9.87. The van der Waals surface area contributed by atoms with Gasteiger partial charge >= 0.3 is 29.4 Å². The van der Waals surface area contributed by atoms with Crippen LogP contribution in [-0.2, 0) is 60.3 Å². The van der Waals surface area contributed by atoms with Crippen LogP contribution in [0, 0.1) is 5.41 Å². The van der Waals surface area contributed by atoms with Crippen LogP contribution < -0.4 is 16.4 Å². The highest BCUT2D eigenvalue weighted by Gasteiger charge is 2.50. The average Bonchev–Trinajstić information content (AvgIpc) is 3.66. The number of aromatic nitrogens is 4. The van der Waals surface area contributed by atoms with Gasteiger partial charge in [-0.15, -0.1) is 0 Å². The number of imidazole rings is 1. The maximum atomic E-state index is 12.7. The first kappa shape index (κ1) is 48.1. The number of phosphoric acid groups is 3. The molecule has 57 heavy (non-hydrogen) atoms. The number of rotatable bonds is 23. The maximum Gasteiger partial charge on any atom is 0.481 e. The number of ether oxygens (including phenoxy) is 1. The van der Waals surface area contributed by atoms with Gasteiger partial charge < -0.3 is 56.0 Å². The fourth-order valence-corrected chi connectivity index (χ4v) is 8.20. The number of anilines is 1. The van der Waals surface area contributed by atoms with Crippen LogP contribution in [0.25, 0.3) is 11.2 Å². The summed E-state index contributed by atoms with van der Waals surface area (Å²) in [6, 6.07) is 0. The van der Waals surface area contributed by atoms with Crippen LogP contribution in [0.4, 0.5) is 5.82 Å². The smallest absolute Gasteiger partial charge is 0.476 e. The number of aliphatic carboxylic acids is 1. The third-order valence-electron chi connectivity index (χ3n) is 7.56. The molecule has 2 aromatic rings. The Morgan fingerprint density at radius 3 is 2.32 bits per heavy atom. The topological polar surface area (TPSA) is 418 Å². The number of aliphatic hydroxyl groups is 2. The van der Waals surface area contributed by atoms with E-state index in [1.165, 1.54) is 13.8 Å². The molecular weight excluding hydrogens is 855 g/mol. The Bertz CT molecular complexity index is 1950. The Labute approximate surface area is 325 Å². The van der Waals surface area contributed by atoms with Gasteiger partial charge in [0.25, 0.3) is 0 Å². The number of aliphatic hydroxyl groups excluding tert-OH is 2. The number of amides is 2. The number of nitrogen functional groups attached to an aromatic ring is 1. The number of thioether (sulfide) groups is 1. The molecule has 1 saturated heterocycles. The second-order valence-corrected chi connectivity index (χ2v) is 17.9. The van der Waals surface area contributed by atoms with Gasteiger partial charge in [0.2, 0.25) is 17.6 Å². The van der Waals surface area contributed by atoms with Crippen molar-refractivity contribution in [2.45, 2.75) is 63.8 Å². The standard InChI is InChI=1S/C26H40N7O20P3S/c1-26(2,20(38)23(39)29-6-5-15(35)28-7-8-57-16(36)4-3-13(34)25(40)41)10-50-56(47,48)53-55(45,46)49-9-14-19(52-54(42,43)44)18(37)24(51-14)33-12-32-17-21(27)30-11-31-22(17)33/h11-12,14,18-20,24,37-38H,3-10H2,1-2H3,(H,28,35)(H,29,39)(H,40,41)(H,45,46)(H,47,48)(H2,27,30,31)(H2,42,43,44)/t14-,18-,19-,20+,24-/m1/s1. The summed E-state index contributed by atoms with van der Waals surface area (Å²) in [5.74, 6) is -4.28. The number of nitrogens with one attached hydrogen (secondary N) is 2. The molecule has 0 spiro atoms. The van der Waals surface area contributed by atoms with E-state index in [9.17, 15) is 67.5 Å². The van der Waals surface area contributed by atoms with Gasteiger partial charge in [-0.25, -0.2) is 33.4 Å². The number of carboxylic acids is 1. The molecular formula is C26H40N7O20P3S. The third-order valence-corrected chi connectivity index (χ3v) is 11.6. The van der Waals surface area contributed by atoms with Crippen LogP contribution in [0.1, 0.15) is 39.3 Å². The van der Waals surface area contributed by atoms with Gasteiger partial charge in [0.05, 0.1) is 19.5 Å². The lowest BCUT2D eigenvalue weighted by Crippen LogP contribution is -2.46. The van der Waals surface area contributed by atoms with Crippen molar-refractivity contribution in [2.24, 2.45) is 5.41 Å². The molecule has 7 atom stereocenters. The van der Waals surface area contributed by atoms with Crippen molar-refractivity contribution in [3.63, 3.8) is 0 Å². The minimum absolute atomic E-state index is 0.0137. The normalized spacial score (nSPS) is 21.3. The molecule has 0 aliphatic carbocycles. The Morgan fingerprint density at radius 1 is 1.00 bits per heavy atom. The number of fused-ring (bicyclic) bond motifs is 1. The maximum absolute atomic E-state index is 12.7. The molecule has 2 aromatic heterocycles. The van der Waals surface area contributed by atoms with Gasteiger partial charge in [-0.3, -0.25) is 37.3 Å². The fraction of sp³-hybridized carbons (Fsp3) is 0.615. The van der Waals surface area contributed by atoms with Crippen molar-refractivity contribution < 1.29 is 95.2 Å². The van der Waals surface area contributed by atoms with E-state index in [1.54, 1.807) is 0 Å². The van der Waals surface area contributed by atoms with Crippen molar-refractivity contribution >= 4 is 80.9 Å². The highest BCUT2D eigenvalue weighted by Crippen LogP contribution is 2.61. The molecule has 1 fully saturated rings. The quantitative estimate of drug-likeness (QED) is 0.0331. The van der Waals surface area contributed by atoms with Gasteiger partial charge in [0, 0.05) is 43.5 Å².